The summed E-state index contributed by atoms with van der Waals surface area (Å²) < 4.78 is 8.77. The smallest absolute Gasteiger partial charge is 0.408 e. The number of nitrogens with zero attached hydrogens (tertiary/aromatic N) is 4. The number of para-hydroxylation sites is 2. The Morgan fingerprint density at radius 1 is 1.30 bits per heavy atom. The topological polar surface area (TPSA) is 65.8 Å². The fourth-order valence-corrected chi connectivity index (χ4v) is 2.85. The molecule has 0 fully saturated rings. The van der Waals surface area contributed by atoms with E-state index in [-0.39, 0.29) is 5.76 Å². The van der Waals surface area contributed by atoms with Crippen molar-refractivity contribution >= 4 is 22.9 Å². The minimum atomic E-state index is -0.319. The molecule has 2 aromatic heterocycles. The van der Waals surface area contributed by atoms with E-state index in [4.69, 9.17) is 4.42 Å². The number of benzene rings is 1. The molecule has 104 valence electrons. The zero-order valence-corrected chi connectivity index (χ0v) is 12.1. The summed E-state index contributed by atoms with van der Waals surface area (Å²) in [6.45, 7) is 2.48. The van der Waals surface area contributed by atoms with Crippen LogP contribution in [0.3, 0.4) is 0 Å². The van der Waals surface area contributed by atoms with Crippen LogP contribution in [0.5, 0.6) is 0 Å². The van der Waals surface area contributed by atoms with Crippen molar-refractivity contribution in [3.05, 3.63) is 40.6 Å². The molecule has 1 aromatic carbocycles. The molecule has 0 atom stereocenters. The monoisotopic (exact) mass is 290 g/mol. The minimum Gasteiger partial charge on any atom is -0.408 e. The molecular formula is C13H14N4O2S. The van der Waals surface area contributed by atoms with Crippen LogP contribution in [0.15, 0.2) is 38.6 Å². The van der Waals surface area contributed by atoms with Gasteiger partial charge in [0.25, 0.3) is 0 Å². The fraction of sp³-hybridized carbons (Fsp3) is 0.308. The first-order chi connectivity index (χ1) is 9.66. The molecule has 20 heavy (non-hydrogen) atoms. The van der Waals surface area contributed by atoms with Gasteiger partial charge >= 0.3 is 5.76 Å². The first-order valence-corrected chi connectivity index (χ1v) is 7.22. The molecule has 6 nitrogen and oxygen atoms in total. The lowest BCUT2D eigenvalue weighted by Crippen LogP contribution is -2.15. The maximum Gasteiger partial charge on any atom is 0.419 e. The molecular weight excluding hydrogens is 276 g/mol. The van der Waals surface area contributed by atoms with Crippen molar-refractivity contribution in [2.45, 2.75) is 18.6 Å². The molecule has 0 unspecified atom stereocenters. The lowest BCUT2D eigenvalue weighted by Gasteiger charge is -2.02. The minimum absolute atomic E-state index is 0.319. The molecule has 0 bridgehead atoms. The Kier molecular flexibility index (Phi) is 3.35. The van der Waals surface area contributed by atoms with E-state index in [0.717, 1.165) is 22.3 Å². The maximum absolute atomic E-state index is 11.8. The van der Waals surface area contributed by atoms with E-state index in [9.17, 15) is 4.79 Å². The van der Waals surface area contributed by atoms with E-state index in [2.05, 4.69) is 10.2 Å². The van der Waals surface area contributed by atoms with Crippen LogP contribution >= 0.6 is 11.8 Å². The molecule has 0 amide bonds. The average molecular weight is 290 g/mol. The van der Waals surface area contributed by atoms with E-state index >= 15 is 0 Å². The van der Waals surface area contributed by atoms with E-state index in [0.29, 0.717) is 12.1 Å². The van der Waals surface area contributed by atoms with Crippen LogP contribution in [-0.4, -0.2) is 25.1 Å². The van der Waals surface area contributed by atoms with Crippen LogP contribution in [-0.2, 0) is 13.6 Å². The predicted octanol–water partition coefficient (Wildman–Crippen LogP) is 1.82. The van der Waals surface area contributed by atoms with Crippen molar-refractivity contribution in [3.8, 4) is 0 Å². The van der Waals surface area contributed by atoms with Crippen molar-refractivity contribution in [1.29, 1.82) is 0 Å². The second-order valence-corrected chi connectivity index (χ2v) is 5.49. The van der Waals surface area contributed by atoms with Gasteiger partial charge in [0.15, 0.2) is 10.7 Å². The Bertz CT molecular complexity index is 802. The van der Waals surface area contributed by atoms with E-state index in [1.807, 2.05) is 36.7 Å². The molecule has 0 aliphatic rings. The number of aromatic nitrogens is 4. The van der Waals surface area contributed by atoms with Crippen molar-refractivity contribution in [3.63, 3.8) is 0 Å². The van der Waals surface area contributed by atoms with Crippen LogP contribution in [0.2, 0.25) is 0 Å². The molecule has 0 N–H and O–H groups in total. The van der Waals surface area contributed by atoms with Gasteiger partial charge in [0.05, 0.1) is 5.52 Å². The molecule has 2 heterocycles. The normalized spacial score (nSPS) is 11.3. The Labute approximate surface area is 119 Å². The van der Waals surface area contributed by atoms with Crippen LogP contribution < -0.4 is 5.76 Å². The first kappa shape index (κ1) is 13.0. The number of oxazole rings is 1. The molecule has 3 aromatic rings. The highest BCUT2D eigenvalue weighted by atomic mass is 32.2. The van der Waals surface area contributed by atoms with Gasteiger partial charge in [0, 0.05) is 19.3 Å². The second kappa shape index (κ2) is 5.16. The molecule has 0 saturated carbocycles. The molecule has 0 aliphatic heterocycles. The lowest BCUT2D eigenvalue weighted by molar-refractivity contribution is 0.514. The standard InChI is InChI=1S/C13H14N4O2S/c1-9-14-15-12(16(9)2)20-8-7-17-10-5-3-4-6-11(10)19-13(17)18/h3-6H,7-8H2,1-2H3. The molecule has 0 saturated heterocycles. The highest BCUT2D eigenvalue weighted by molar-refractivity contribution is 7.99. The van der Waals surface area contributed by atoms with Crippen LogP contribution in [0.4, 0.5) is 0 Å². The largest absolute Gasteiger partial charge is 0.419 e. The third-order valence-corrected chi connectivity index (χ3v) is 4.17. The third-order valence-electron chi connectivity index (χ3n) is 3.17. The van der Waals surface area contributed by atoms with Gasteiger partial charge in [-0.25, -0.2) is 4.79 Å². The fourth-order valence-electron chi connectivity index (χ4n) is 1.97. The van der Waals surface area contributed by atoms with Gasteiger partial charge in [0.2, 0.25) is 0 Å². The van der Waals surface area contributed by atoms with Crippen LogP contribution in [0, 0.1) is 6.92 Å². The summed E-state index contributed by atoms with van der Waals surface area (Å²) in [6.07, 6.45) is 0. The first-order valence-electron chi connectivity index (χ1n) is 6.24. The lowest BCUT2D eigenvalue weighted by atomic mass is 10.3. The predicted molar refractivity (Wildman–Crippen MR) is 76.9 cm³/mol. The summed E-state index contributed by atoms with van der Waals surface area (Å²) >= 11 is 1.57. The Morgan fingerprint density at radius 2 is 2.10 bits per heavy atom. The van der Waals surface area contributed by atoms with Crippen molar-refractivity contribution in [2.75, 3.05) is 5.75 Å². The molecule has 3 rings (SSSR count). The van der Waals surface area contributed by atoms with Crippen molar-refractivity contribution in [2.24, 2.45) is 7.05 Å². The summed E-state index contributed by atoms with van der Waals surface area (Å²) in [4.78, 5) is 11.8. The van der Waals surface area contributed by atoms with E-state index < -0.39 is 0 Å². The van der Waals surface area contributed by atoms with Crippen molar-refractivity contribution < 1.29 is 4.42 Å². The highest BCUT2D eigenvalue weighted by Crippen LogP contribution is 2.17. The number of hydrogen-bond donors (Lipinski definition) is 0. The van der Waals surface area contributed by atoms with Crippen molar-refractivity contribution in [1.82, 2.24) is 19.3 Å². The van der Waals surface area contributed by atoms with Gasteiger partial charge in [0.1, 0.15) is 5.82 Å². The molecule has 0 radical (unpaired) electrons. The Morgan fingerprint density at radius 3 is 2.85 bits per heavy atom. The average Bonchev–Trinajstić information content (AvgIpc) is 2.93. The summed E-state index contributed by atoms with van der Waals surface area (Å²) in [6, 6.07) is 7.43. The summed E-state index contributed by atoms with van der Waals surface area (Å²) in [5, 5.41) is 8.94. The quantitative estimate of drug-likeness (QED) is 0.686. The Hall–Kier alpha value is -2.02. The summed E-state index contributed by atoms with van der Waals surface area (Å²) in [5.41, 5.74) is 1.45. The van der Waals surface area contributed by atoms with Crippen LogP contribution in [0.25, 0.3) is 11.1 Å². The zero-order valence-electron chi connectivity index (χ0n) is 11.2. The summed E-state index contributed by atoms with van der Waals surface area (Å²) in [5.74, 6) is 1.29. The Balaban J connectivity index is 1.76. The van der Waals surface area contributed by atoms with Gasteiger partial charge in [-0.15, -0.1) is 10.2 Å². The van der Waals surface area contributed by atoms with Gasteiger partial charge in [-0.2, -0.15) is 0 Å². The summed E-state index contributed by atoms with van der Waals surface area (Å²) in [7, 11) is 1.93. The molecule has 0 spiro atoms. The zero-order chi connectivity index (χ0) is 14.1. The number of thioether (sulfide) groups is 1. The number of rotatable bonds is 4. The van der Waals surface area contributed by atoms with E-state index in [1.54, 1.807) is 22.4 Å². The number of fused-ring (bicyclic) bond motifs is 1. The number of aryl methyl sites for hydroxylation is 2. The highest BCUT2D eigenvalue weighted by Gasteiger charge is 2.09. The van der Waals surface area contributed by atoms with Crippen LogP contribution in [0.1, 0.15) is 5.82 Å². The number of hydrogen-bond acceptors (Lipinski definition) is 5. The van der Waals surface area contributed by atoms with Gasteiger partial charge in [-0.1, -0.05) is 23.9 Å². The third kappa shape index (κ3) is 2.24. The second-order valence-electron chi connectivity index (χ2n) is 4.42. The molecule has 0 aliphatic carbocycles. The van der Waals surface area contributed by atoms with E-state index in [1.165, 1.54) is 0 Å². The molecule has 7 heteroatoms. The van der Waals surface area contributed by atoms with Gasteiger partial charge in [-0.3, -0.25) is 4.57 Å². The maximum atomic E-state index is 11.8. The van der Waals surface area contributed by atoms with Gasteiger partial charge in [-0.05, 0) is 19.1 Å². The van der Waals surface area contributed by atoms with Gasteiger partial charge < -0.3 is 8.98 Å². The SMILES string of the molecule is Cc1nnc(SCCn2c(=O)oc3ccccc32)n1C.